The van der Waals surface area contributed by atoms with Crippen molar-refractivity contribution in [2.75, 3.05) is 46.7 Å². The van der Waals surface area contributed by atoms with Gasteiger partial charge in [0.2, 0.25) is 20.0 Å². The molecular formula is C36H41Br2IN2O10S2. The molecule has 2 aromatic carbocycles. The number of allylic oxidation sites excluding steroid dienone is 4. The van der Waals surface area contributed by atoms with Crippen LogP contribution >= 0.6 is 54.5 Å². The number of benzene rings is 2. The van der Waals surface area contributed by atoms with E-state index in [1.54, 1.807) is 38.1 Å². The molecule has 53 heavy (non-hydrogen) atoms. The molecule has 0 amide bonds. The van der Waals surface area contributed by atoms with Gasteiger partial charge in [-0.1, -0.05) is 34.7 Å². The Bertz CT molecular complexity index is 2310. The standard InChI is InChI=1S/C18H20BrNO5S.C17H18BrNO5S.CH3I/c1-4-24-18(21)16-12-9-13(19)14(20(2)26(3,22)23)10-15(12)25-17(16)11-7-5-6-8-11;1-3-23-17(20)15-11-8-12(18)13(19-25(2,21)22)9-14(11)24-16(15)10-6-4-5-7-10;1-2/h7,9-10H,4-6,8H2,1-3H3;6,8-9,19H,3-5,7H2,1-2H3;1H3. The van der Waals surface area contributed by atoms with Gasteiger partial charge in [0, 0.05) is 38.9 Å². The van der Waals surface area contributed by atoms with E-state index < -0.39 is 32.0 Å². The molecule has 0 atom stereocenters. The van der Waals surface area contributed by atoms with E-state index in [4.69, 9.17) is 18.3 Å². The zero-order chi connectivity index (χ0) is 39.2. The number of nitrogens with one attached hydrogen (secondary N) is 1. The van der Waals surface area contributed by atoms with Gasteiger partial charge in [-0.3, -0.25) is 9.03 Å². The van der Waals surface area contributed by atoms with Crippen molar-refractivity contribution in [2.24, 2.45) is 0 Å². The highest BCUT2D eigenvalue weighted by atomic mass is 127. The predicted molar refractivity (Wildman–Crippen MR) is 225 cm³/mol. The SMILES string of the molecule is CCOC(=O)c1c(C2=CCCC2)oc2cc(N(C)S(C)(=O)=O)c(Br)cc12.CCOC(=O)c1c(C2=CCCC2)oc2cc(NS(C)(=O)=O)c(Br)cc12.CI. The van der Waals surface area contributed by atoms with Crippen LogP contribution in [-0.2, 0) is 29.5 Å². The summed E-state index contributed by atoms with van der Waals surface area (Å²) < 4.78 is 73.8. The largest absolute Gasteiger partial charge is 0.462 e. The Balaban J connectivity index is 0.000000226. The summed E-state index contributed by atoms with van der Waals surface area (Å²) in [5, 5.41) is 1.19. The van der Waals surface area contributed by atoms with E-state index in [0.717, 1.165) is 66.5 Å². The zero-order valence-electron chi connectivity index (χ0n) is 30.1. The average Bonchev–Trinajstić information content (AvgIpc) is 3.91. The molecule has 0 bridgehead atoms. The number of carbonyl (C=O) groups is 2. The normalized spacial score (nSPS) is 14.1. The summed E-state index contributed by atoms with van der Waals surface area (Å²) in [6.07, 6.45) is 11.9. The number of ether oxygens (including phenoxy) is 2. The highest BCUT2D eigenvalue weighted by Gasteiger charge is 2.29. The minimum Gasteiger partial charge on any atom is -0.462 e. The fourth-order valence-electron chi connectivity index (χ4n) is 5.94. The number of furan rings is 2. The van der Waals surface area contributed by atoms with Crippen LogP contribution < -0.4 is 9.03 Å². The maximum Gasteiger partial charge on any atom is 0.342 e. The van der Waals surface area contributed by atoms with Crippen molar-refractivity contribution in [3.05, 3.63) is 68.0 Å². The van der Waals surface area contributed by atoms with E-state index in [-0.39, 0.29) is 13.2 Å². The fraction of sp³-hybridized carbons (Fsp3) is 0.389. The van der Waals surface area contributed by atoms with Crippen LogP contribution in [0.3, 0.4) is 0 Å². The molecule has 2 aliphatic carbocycles. The van der Waals surface area contributed by atoms with Crippen LogP contribution in [0.15, 0.2) is 54.2 Å². The monoisotopic (exact) mass is 1010 g/mol. The molecule has 6 rings (SSSR count). The van der Waals surface area contributed by atoms with Crippen LogP contribution in [0.1, 0.15) is 84.6 Å². The first kappa shape index (κ1) is 42.9. The number of anilines is 2. The lowest BCUT2D eigenvalue weighted by atomic mass is 10.1. The van der Waals surface area contributed by atoms with Gasteiger partial charge in [-0.15, -0.1) is 0 Å². The summed E-state index contributed by atoms with van der Waals surface area (Å²) in [6, 6.07) is 6.59. The van der Waals surface area contributed by atoms with Crippen LogP contribution in [0.25, 0.3) is 33.1 Å². The molecular weight excluding hydrogens is 971 g/mol. The van der Waals surface area contributed by atoms with Gasteiger partial charge in [-0.05, 0) is 112 Å². The number of rotatable bonds is 10. The number of halogens is 3. The van der Waals surface area contributed by atoms with Crippen molar-refractivity contribution < 1.29 is 44.7 Å². The Morgan fingerprint density at radius 1 is 0.792 bits per heavy atom. The molecule has 2 aliphatic rings. The quantitative estimate of drug-likeness (QED) is 0.0920. The van der Waals surface area contributed by atoms with Gasteiger partial charge in [0.15, 0.2) is 0 Å². The molecule has 2 heterocycles. The first-order valence-corrected chi connectivity index (χ1v) is 24.1. The van der Waals surface area contributed by atoms with Crippen molar-refractivity contribution in [3.63, 3.8) is 0 Å². The summed E-state index contributed by atoms with van der Waals surface area (Å²) >= 11 is 8.91. The maximum atomic E-state index is 12.6. The molecule has 2 aromatic heterocycles. The Labute approximate surface area is 340 Å². The van der Waals surface area contributed by atoms with Gasteiger partial charge < -0.3 is 18.3 Å². The second kappa shape index (κ2) is 18.2. The Kier molecular flexibility index (Phi) is 14.7. The summed E-state index contributed by atoms with van der Waals surface area (Å²) in [7, 11) is -5.40. The molecule has 4 aromatic rings. The van der Waals surface area contributed by atoms with E-state index in [9.17, 15) is 26.4 Å². The molecule has 0 spiro atoms. The van der Waals surface area contributed by atoms with Gasteiger partial charge in [-0.2, -0.15) is 0 Å². The molecule has 0 radical (unpaired) electrons. The van der Waals surface area contributed by atoms with E-state index in [2.05, 4.69) is 71.3 Å². The molecule has 0 unspecified atom stereocenters. The molecule has 0 aliphatic heterocycles. The van der Waals surface area contributed by atoms with E-state index in [1.165, 1.54) is 7.05 Å². The van der Waals surface area contributed by atoms with Crippen molar-refractivity contribution in [2.45, 2.75) is 52.4 Å². The van der Waals surface area contributed by atoms with Gasteiger partial charge in [0.25, 0.3) is 0 Å². The van der Waals surface area contributed by atoms with E-state index >= 15 is 0 Å². The van der Waals surface area contributed by atoms with Crippen LogP contribution in [0.2, 0.25) is 0 Å². The van der Waals surface area contributed by atoms with Crippen LogP contribution in [-0.4, -0.2) is 66.5 Å². The number of hydrogen-bond donors (Lipinski definition) is 1. The lowest BCUT2D eigenvalue weighted by Gasteiger charge is -2.18. The highest BCUT2D eigenvalue weighted by Crippen LogP contribution is 2.42. The van der Waals surface area contributed by atoms with Gasteiger partial charge >= 0.3 is 11.9 Å². The van der Waals surface area contributed by atoms with Crippen LogP contribution in [0.4, 0.5) is 11.4 Å². The second-order valence-corrected chi connectivity index (χ2v) is 17.5. The molecule has 0 saturated carbocycles. The van der Waals surface area contributed by atoms with Crippen LogP contribution in [0, 0.1) is 0 Å². The number of carbonyl (C=O) groups excluding carboxylic acids is 2. The second-order valence-electron chi connectivity index (χ2n) is 12.0. The van der Waals surface area contributed by atoms with Gasteiger partial charge in [-0.25, -0.2) is 26.4 Å². The van der Waals surface area contributed by atoms with Crippen molar-refractivity contribution in [1.82, 2.24) is 0 Å². The Morgan fingerprint density at radius 2 is 1.25 bits per heavy atom. The molecule has 1 N–H and O–H groups in total. The number of alkyl halides is 1. The molecule has 0 saturated heterocycles. The number of esters is 2. The van der Waals surface area contributed by atoms with Gasteiger partial charge in [0.05, 0.1) is 37.1 Å². The average molecular weight is 1010 g/mol. The maximum absolute atomic E-state index is 12.6. The van der Waals surface area contributed by atoms with Crippen molar-refractivity contribution in [1.29, 1.82) is 0 Å². The smallest absolute Gasteiger partial charge is 0.342 e. The third-order valence-electron chi connectivity index (χ3n) is 8.29. The van der Waals surface area contributed by atoms with Crippen molar-refractivity contribution in [3.8, 4) is 0 Å². The molecule has 17 heteroatoms. The Hall–Kier alpha value is -2.87. The van der Waals surface area contributed by atoms with Crippen LogP contribution in [0.5, 0.6) is 0 Å². The third-order valence-corrected chi connectivity index (χ3v) is 11.4. The molecule has 12 nitrogen and oxygen atoms in total. The Morgan fingerprint density at radius 3 is 1.64 bits per heavy atom. The summed E-state index contributed by atoms with van der Waals surface area (Å²) in [5.41, 5.74) is 4.42. The summed E-state index contributed by atoms with van der Waals surface area (Å²) in [6.45, 7) is 4.03. The number of hydrogen-bond acceptors (Lipinski definition) is 10. The lowest BCUT2D eigenvalue weighted by Crippen LogP contribution is -2.25. The fourth-order valence-corrected chi connectivity index (χ4v) is 8.32. The highest BCUT2D eigenvalue weighted by molar-refractivity contribution is 14.1. The third kappa shape index (κ3) is 10.1. The molecule has 0 fully saturated rings. The first-order valence-electron chi connectivity index (χ1n) is 16.6. The first-order chi connectivity index (χ1) is 25.0. The predicted octanol–water partition coefficient (Wildman–Crippen LogP) is 9.70. The number of fused-ring (bicyclic) bond motifs is 2. The summed E-state index contributed by atoms with van der Waals surface area (Å²) in [5.74, 6) is 0.140. The van der Waals surface area contributed by atoms with Gasteiger partial charge in [0.1, 0.15) is 33.8 Å². The lowest BCUT2D eigenvalue weighted by molar-refractivity contribution is 0.0517. The zero-order valence-corrected chi connectivity index (χ0v) is 37.1. The number of nitrogens with zero attached hydrogens (tertiary/aromatic N) is 1. The number of sulfonamides is 2. The summed E-state index contributed by atoms with van der Waals surface area (Å²) in [4.78, 5) is 27.0. The minimum atomic E-state index is -3.44. The minimum absolute atomic E-state index is 0.263. The van der Waals surface area contributed by atoms with E-state index in [1.807, 2.05) is 4.93 Å². The topological polar surface area (TPSA) is 162 Å². The molecule has 288 valence electrons. The van der Waals surface area contributed by atoms with E-state index in [0.29, 0.717) is 64.9 Å². The van der Waals surface area contributed by atoms with Crippen molar-refractivity contribution >= 4 is 131 Å².